The molecule has 1 aliphatic heterocycles. The van der Waals surface area contributed by atoms with Crippen LogP contribution in [0.25, 0.3) is 11.2 Å². The number of aromatic amines is 1. The van der Waals surface area contributed by atoms with E-state index in [2.05, 4.69) is 34.2 Å². The normalized spacial score (nSPS) is 16.3. The van der Waals surface area contributed by atoms with Crippen molar-refractivity contribution in [3.8, 4) is 23.0 Å². The standard InChI is InChI=1S/C56H56N6O8/c1-37(61(2)3)58-52-51-53(60-54(63)59-52)62(36-57-51)50-34-48(70-56(39-16-12-9-13-17-39,42-22-30-46(66-6)31-23-42)43-24-32-47(67-7)33-25-43)49(69-50)35-68-55(38-14-10-8-11-15-38,40-18-26-44(64-4)27-19-40)41-20-28-45(65-5)29-21-41/h8-33,36,48-50H,34-35H2,1-7H3,(H,59,60,63)/b58-37+/t48-,49+,50+/m0/s1. The molecular weight excluding hydrogens is 885 g/mol. The molecule has 3 heterocycles. The smallest absolute Gasteiger partial charge is 0.348 e. The number of nitrogens with one attached hydrogen (secondary N) is 1. The van der Waals surface area contributed by atoms with Crippen LogP contribution >= 0.6 is 0 Å². The van der Waals surface area contributed by atoms with Crippen molar-refractivity contribution >= 4 is 22.8 Å². The maximum Gasteiger partial charge on any atom is 0.348 e. The van der Waals surface area contributed by atoms with Gasteiger partial charge in [-0.25, -0.2) is 14.8 Å². The van der Waals surface area contributed by atoms with Gasteiger partial charge in [0.15, 0.2) is 17.0 Å². The molecule has 2 aromatic heterocycles. The van der Waals surface area contributed by atoms with E-state index in [4.69, 9.17) is 43.1 Å². The number of hydrogen-bond donors (Lipinski definition) is 1. The first-order valence-corrected chi connectivity index (χ1v) is 23.0. The highest BCUT2D eigenvalue weighted by atomic mass is 16.6. The van der Waals surface area contributed by atoms with Gasteiger partial charge in [0.05, 0.1) is 47.5 Å². The second kappa shape index (κ2) is 20.4. The number of fused-ring (bicyclic) bond motifs is 1. The molecule has 1 aliphatic rings. The maximum absolute atomic E-state index is 13.3. The van der Waals surface area contributed by atoms with Crippen LogP contribution < -0.4 is 24.6 Å². The Morgan fingerprint density at radius 3 is 1.53 bits per heavy atom. The Kier molecular flexibility index (Phi) is 13.8. The average Bonchev–Trinajstić information content (AvgIpc) is 4.02. The fourth-order valence-electron chi connectivity index (χ4n) is 9.15. The van der Waals surface area contributed by atoms with E-state index in [0.29, 0.717) is 52.2 Å². The van der Waals surface area contributed by atoms with Crippen LogP contribution in [-0.4, -0.2) is 91.6 Å². The zero-order valence-corrected chi connectivity index (χ0v) is 40.2. The minimum atomic E-state index is -1.22. The van der Waals surface area contributed by atoms with Gasteiger partial charge in [0.25, 0.3) is 0 Å². The lowest BCUT2D eigenvalue weighted by molar-refractivity contribution is -0.125. The summed E-state index contributed by atoms with van der Waals surface area (Å²) in [4.78, 5) is 31.8. The molecule has 1 saturated heterocycles. The third-order valence-corrected chi connectivity index (χ3v) is 13.0. The molecule has 0 bridgehead atoms. The molecule has 0 aliphatic carbocycles. The van der Waals surface area contributed by atoms with Crippen LogP contribution in [0.15, 0.2) is 174 Å². The summed E-state index contributed by atoms with van der Waals surface area (Å²) in [6.07, 6.45) is -0.203. The van der Waals surface area contributed by atoms with Gasteiger partial charge in [-0.3, -0.25) is 9.55 Å². The van der Waals surface area contributed by atoms with Gasteiger partial charge in [0, 0.05) is 20.5 Å². The van der Waals surface area contributed by atoms with Crippen molar-refractivity contribution in [2.24, 2.45) is 4.99 Å². The van der Waals surface area contributed by atoms with Crippen LogP contribution in [0.3, 0.4) is 0 Å². The Balaban J connectivity index is 1.23. The number of nitrogens with zero attached hydrogens (tertiary/aromatic N) is 5. The number of hydrogen-bond acceptors (Lipinski definition) is 11. The van der Waals surface area contributed by atoms with E-state index >= 15 is 0 Å². The number of imidazole rings is 1. The molecule has 3 atom stereocenters. The molecule has 358 valence electrons. The molecule has 0 spiro atoms. The first kappa shape index (κ1) is 47.3. The summed E-state index contributed by atoms with van der Waals surface area (Å²) < 4.78 is 47.0. The molecule has 14 nitrogen and oxygen atoms in total. The average molecular weight is 941 g/mol. The number of aromatic nitrogens is 4. The predicted molar refractivity (Wildman–Crippen MR) is 269 cm³/mol. The monoisotopic (exact) mass is 940 g/mol. The number of ether oxygens (including phenoxy) is 7. The van der Waals surface area contributed by atoms with Crippen LogP contribution in [0.2, 0.25) is 0 Å². The molecule has 8 aromatic rings. The molecule has 0 unspecified atom stereocenters. The highest BCUT2D eigenvalue weighted by Crippen LogP contribution is 2.48. The second-order valence-electron chi connectivity index (χ2n) is 17.1. The lowest BCUT2D eigenvalue weighted by Gasteiger charge is -2.40. The van der Waals surface area contributed by atoms with Crippen LogP contribution in [0.5, 0.6) is 23.0 Å². The van der Waals surface area contributed by atoms with Crippen LogP contribution in [0.4, 0.5) is 5.82 Å². The molecule has 0 saturated carbocycles. The third kappa shape index (κ3) is 9.11. The van der Waals surface area contributed by atoms with Crippen molar-refractivity contribution in [1.82, 2.24) is 24.4 Å². The Bertz CT molecular complexity index is 2990. The lowest BCUT2D eigenvalue weighted by Crippen LogP contribution is -2.43. The topological polar surface area (TPSA) is 144 Å². The summed E-state index contributed by atoms with van der Waals surface area (Å²) in [7, 11) is 10.4. The maximum atomic E-state index is 13.3. The number of aliphatic imine (C=N–C) groups is 1. The summed E-state index contributed by atoms with van der Waals surface area (Å²) >= 11 is 0. The van der Waals surface area contributed by atoms with Crippen molar-refractivity contribution in [3.05, 3.63) is 208 Å². The number of amidine groups is 1. The van der Waals surface area contributed by atoms with Gasteiger partial charge in [0.1, 0.15) is 52.4 Å². The van der Waals surface area contributed by atoms with E-state index in [1.807, 2.05) is 159 Å². The fourth-order valence-corrected chi connectivity index (χ4v) is 9.15. The minimum absolute atomic E-state index is 0.0302. The van der Waals surface area contributed by atoms with Crippen LogP contribution in [0, 0.1) is 0 Å². The highest BCUT2D eigenvalue weighted by Gasteiger charge is 2.48. The molecule has 1 fully saturated rings. The quantitative estimate of drug-likeness (QED) is 0.0530. The fraction of sp³-hybridized carbons (Fsp3) is 0.250. The van der Waals surface area contributed by atoms with Crippen molar-refractivity contribution in [2.75, 3.05) is 49.1 Å². The third-order valence-electron chi connectivity index (χ3n) is 13.0. The van der Waals surface area contributed by atoms with Gasteiger partial charge < -0.3 is 38.1 Å². The molecule has 70 heavy (non-hydrogen) atoms. The van der Waals surface area contributed by atoms with Crippen LogP contribution in [0.1, 0.15) is 53.0 Å². The summed E-state index contributed by atoms with van der Waals surface area (Å²) in [6.45, 7) is 1.88. The Hall–Kier alpha value is -7.78. The van der Waals surface area contributed by atoms with Gasteiger partial charge in [-0.1, -0.05) is 109 Å². The zero-order valence-electron chi connectivity index (χ0n) is 40.2. The number of rotatable bonds is 17. The van der Waals surface area contributed by atoms with Gasteiger partial charge in [-0.15, -0.1) is 0 Å². The Labute approximate surface area is 407 Å². The van der Waals surface area contributed by atoms with Crippen LogP contribution in [-0.2, 0) is 25.4 Å². The minimum Gasteiger partial charge on any atom is -0.497 e. The zero-order chi connectivity index (χ0) is 48.8. The first-order valence-electron chi connectivity index (χ1n) is 23.0. The van der Waals surface area contributed by atoms with Crippen molar-refractivity contribution in [1.29, 1.82) is 0 Å². The largest absolute Gasteiger partial charge is 0.497 e. The molecular formula is C56H56N6O8. The van der Waals surface area contributed by atoms with E-state index in [9.17, 15) is 4.79 Å². The number of H-pyrrole nitrogens is 1. The van der Waals surface area contributed by atoms with Gasteiger partial charge in [-0.05, 0) is 88.8 Å². The van der Waals surface area contributed by atoms with Gasteiger partial charge in [0.2, 0.25) is 0 Å². The van der Waals surface area contributed by atoms with Gasteiger partial charge >= 0.3 is 5.69 Å². The highest BCUT2D eigenvalue weighted by molar-refractivity contribution is 5.88. The molecule has 0 radical (unpaired) electrons. The Morgan fingerprint density at radius 2 is 1.09 bits per heavy atom. The van der Waals surface area contributed by atoms with E-state index < -0.39 is 35.3 Å². The SMILES string of the molecule is COc1ccc(C(OC[C@H]2O[C@@H](n3cnc4c(/N=C(\C)N(C)C)[nH]c(=O)nc43)C[C@@H]2OC(c2ccccc2)(c2ccc(OC)cc2)c2ccc(OC)cc2)(c2ccccc2)c2ccc(OC)cc2)cc1. The Morgan fingerprint density at radius 1 is 0.657 bits per heavy atom. The predicted octanol–water partition coefficient (Wildman–Crippen LogP) is 9.44. The number of benzene rings is 6. The molecule has 14 heteroatoms. The molecule has 0 amide bonds. The summed E-state index contributed by atoms with van der Waals surface area (Å²) in [5, 5.41) is 0. The lowest BCUT2D eigenvalue weighted by atomic mass is 9.79. The van der Waals surface area contributed by atoms with Crippen molar-refractivity contribution in [3.63, 3.8) is 0 Å². The van der Waals surface area contributed by atoms with E-state index in [-0.39, 0.29) is 6.61 Å². The second-order valence-corrected chi connectivity index (χ2v) is 17.1. The van der Waals surface area contributed by atoms with E-state index in [1.165, 1.54) is 0 Å². The van der Waals surface area contributed by atoms with E-state index in [0.717, 1.165) is 33.4 Å². The summed E-state index contributed by atoms with van der Waals surface area (Å²) in [6, 6.07) is 51.9. The number of methoxy groups -OCH3 is 4. The summed E-state index contributed by atoms with van der Waals surface area (Å²) in [5.74, 6) is 3.77. The van der Waals surface area contributed by atoms with Gasteiger partial charge in [-0.2, -0.15) is 4.98 Å². The van der Waals surface area contributed by atoms with Crippen molar-refractivity contribution in [2.45, 2.75) is 43.0 Å². The molecule has 1 N–H and O–H groups in total. The summed E-state index contributed by atoms with van der Waals surface area (Å²) in [5.41, 5.74) is 2.94. The first-order chi connectivity index (χ1) is 34.1. The van der Waals surface area contributed by atoms with E-state index in [1.54, 1.807) is 39.3 Å². The van der Waals surface area contributed by atoms with Crippen molar-refractivity contribution < 1.29 is 33.2 Å². The molecule has 9 rings (SSSR count). The molecule has 6 aromatic carbocycles.